The lowest BCUT2D eigenvalue weighted by Gasteiger charge is -2.27. The number of amides is 1. The van der Waals surface area contributed by atoms with Crippen molar-refractivity contribution in [2.24, 2.45) is 5.92 Å². The molecule has 2 heterocycles. The van der Waals surface area contributed by atoms with Gasteiger partial charge in [-0.1, -0.05) is 63.6 Å². The van der Waals surface area contributed by atoms with E-state index in [9.17, 15) is 14.7 Å². The number of fused-ring (bicyclic) bond motifs is 1. The SMILES string of the molecule is CCCCOc1ccc([C@@H]2[C@@H](C(=O)O)[C@@H](c3ccc4c(c3)OCO4)CN2CC(=O)Nc2c(CC)cccc2CC)cc1. The number of benzene rings is 3. The first-order valence-electron chi connectivity index (χ1n) is 14.9. The van der Waals surface area contributed by atoms with Crippen molar-refractivity contribution in [2.75, 3.05) is 31.8 Å². The summed E-state index contributed by atoms with van der Waals surface area (Å²) in [7, 11) is 0. The van der Waals surface area contributed by atoms with Crippen LogP contribution in [-0.4, -0.2) is 48.4 Å². The van der Waals surface area contributed by atoms with E-state index in [4.69, 9.17) is 14.2 Å². The van der Waals surface area contributed by atoms with Crippen molar-refractivity contribution in [1.29, 1.82) is 0 Å². The Morgan fingerprint density at radius 2 is 1.64 bits per heavy atom. The van der Waals surface area contributed by atoms with E-state index in [1.165, 1.54) is 0 Å². The number of carboxylic acids is 1. The molecular weight excluding hydrogens is 532 g/mol. The second kappa shape index (κ2) is 13.3. The zero-order chi connectivity index (χ0) is 29.6. The molecule has 0 saturated carbocycles. The van der Waals surface area contributed by atoms with Crippen LogP contribution in [0.3, 0.4) is 0 Å². The molecule has 1 amide bonds. The number of rotatable bonds is 12. The van der Waals surface area contributed by atoms with Gasteiger partial charge in [0.05, 0.1) is 19.1 Å². The number of anilines is 1. The Labute approximate surface area is 247 Å². The predicted molar refractivity (Wildman–Crippen MR) is 161 cm³/mol. The number of hydrogen-bond acceptors (Lipinski definition) is 6. The number of carboxylic acid groups (broad SMARTS) is 1. The number of ether oxygens (including phenoxy) is 3. The van der Waals surface area contributed by atoms with E-state index in [2.05, 4.69) is 26.1 Å². The average molecular weight is 573 g/mol. The number of nitrogens with zero attached hydrogens (tertiary/aromatic N) is 1. The second-order valence-corrected chi connectivity index (χ2v) is 10.9. The third-order valence-electron chi connectivity index (χ3n) is 8.31. The first kappa shape index (κ1) is 29.5. The van der Waals surface area contributed by atoms with Crippen molar-refractivity contribution >= 4 is 17.6 Å². The Morgan fingerprint density at radius 1 is 0.952 bits per heavy atom. The van der Waals surface area contributed by atoms with E-state index in [1.807, 2.05) is 65.6 Å². The van der Waals surface area contributed by atoms with Gasteiger partial charge < -0.3 is 24.6 Å². The fraction of sp³-hybridized carbons (Fsp3) is 0.412. The molecule has 2 aliphatic heterocycles. The van der Waals surface area contributed by atoms with Crippen LogP contribution in [0.4, 0.5) is 5.69 Å². The van der Waals surface area contributed by atoms with Gasteiger partial charge in [0.2, 0.25) is 12.7 Å². The molecule has 8 nitrogen and oxygen atoms in total. The molecule has 1 saturated heterocycles. The van der Waals surface area contributed by atoms with Gasteiger partial charge in [0.15, 0.2) is 11.5 Å². The molecule has 0 aliphatic carbocycles. The summed E-state index contributed by atoms with van der Waals surface area (Å²) in [6.07, 6.45) is 3.61. The number of aliphatic carboxylic acids is 1. The number of carbonyl (C=O) groups is 2. The number of hydrogen-bond donors (Lipinski definition) is 2. The Morgan fingerprint density at radius 3 is 2.31 bits per heavy atom. The smallest absolute Gasteiger partial charge is 0.309 e. The van der Waals surface area contributed by atoms with Crippen LogP contribution in [0.5, 0.6) is 17.2 Å². The van der Waals surface area contributed by atoms with Crippen LogP contribution in [0.1, 0.15) is 67.8 Å². The molecule has 5 rings (SSSR count). The molecule has 8 heteroatoms. The highest BCUT2D eigenvalue weighted by molar-refractivity contribution is 5.94. The van der Waals surface area contributed by atoms with Gasteiger partial charge in [-0.3, -0.25) is 14.5 Å². The molecule has 0 radical (unpaired) electrons. The summed E-state index contributed by atoms with van der Waals surface area (Å²) < 4.78 is 16.9. The molecule has 3 atom stereocenters. The molecule has 42 heavy (non-hydrogen) atoms. The zero-order valence-corrected chi connectivity index (χ0v) is 24.6. The van der Waals surface area contributed by atoms with Crippen LogP contribution < -0.4 is 19.5 Å². The summed E-state index contributed by atoms with van der Waals surface area (Å²) in [4.78, 5) is 28.5. The van der Waals surface area contributed by atoms with Gasteiger partial charge in [0.25, 0.3) is 0 Å². The topological polar surface area (TPSA) is 97.3 Å². The molecule has 3 aromatic carbocycles. The summed E-state index contributed by atoms with van der Waals surface area (Å²) in [5.74, 6) is -0.192. The molecule has 0 aromatic heterocycles. The third kappa shape index (κ3) is 6.23. The lowest BCUT2D eigenvalue weighted by molar-refractivity contribution is -0.143. The molecule has 1 fully saturated rings. The van der Waals surface area contributed by atoms with Gasteiger partial charge in [-0.05, 0) is 65.8 Å². The fourth-order valence-corrected chi connectivity index (χ4v) is 6.13. The third-order valence-corrected chi connectivity index (χ3v) is 8.31. The normalized spacial score (nSPS) is 19.5. The lowest BCUT2D eigenvalue weighted by Crippen LogP contribution is -2.35. The van der Waals surface area contributed by atoms with Crippen LogP contribution >= 0.6 is 0 Å². The van der Waals surface area contributed by atoms with Gasteiger partial charge in [-0.25, -0.2) is 0 Å². The van der Waals surface area contributed by atoms with E-state index in [0.29, 0.717) is 24.7 Å². The van der Waals surface area contributed by atoms with Crippen LogP contribution in [0.25, 0.3) is 0 Å². The Balaban J connectivity index is 1.46. The maximum absolute atomic E-state index is 13.6. The molecule has 0 spiro atoms. The van der Waals surface area contributed by atoms with Gasteiger partial charge in [-0.2, -0.15) is 0 Å². The van der Waals surface area contributed by atoms with E-state index < -0.39 is 17.9 Å². The monoisotopic (exact) mass is 572 g/mol. The average Bonchev–Trinajstić information content (AvgIpc) is 3.62. The quantitative estimate of drug-likeness (QED) is 0.250. The highest BCUT2D eigenvalue weighted by Gasteiger charge is 2.48. The molecule has 0 bridgehead atoms. The molecule has 2 aliphatic rings. The highest BCUT2D eigenvalue weighted by atomic mass is 16.7. The summed E-state index contributed by atoms with van der Waals surface area (Å²) in [6, 6.07) is 18.8. The van der Waals surface area contributed by atoms with Crippen molar-refractivity contribution in [3.05, 3.63) is 82.9 Å². The Kier molecular flexibility index (Phi) is 9.32. The maximum Gasteiger partial charge on any atom is 0.309 e. The van der Waals surface area contributed by atoms with Crippen molar-refractivity contribution < 1.29 is 28.9 Å². The zero-order valence-electron chi connectivity index (χ0n) is 24.6. The van der Waals surface area contributed by atoms with Crippen LogP contribution in [0.2, 0.25) is 0 Å². The van der Waals surface area contributed by atoms with Gasteiger partial charge >= 0.3 is 5.97 Å². The standard InChI is InChI=1S/C34H40N2O6/c1-4-7-17-40-26-14-11-24(12-15-26)33-31(34(38)39)27(25-13-16-28-29(18-25)42-21-41-28)19-36(33)20-30(37)35-32-22(5-2)9-8-10-23(32)6-3/h8-16,18,27,31,33H,4-7,17,19-21H2,1-3H3,(H,35,37)(H,38,39)/t27-,31+,33-/m1/s1. The van der Waals surface area contributed by atoms with E-state index >= 15 is 0 Å². The molecule has 3 aromatic rings. The van der Waals surface area contributed by atoms with Crippen LogP contribution in [0.15, 0.2) is 60.7 Å². The van der Waals surface area contributed by atoms with Gasteiger partial charge in [0.1, 0.15) is 5.75 Å². The largest absolute Gasteiger partial charge is 0.494 e. The minimum atomic E-state index is -0.904. The highest BCUT2D eigenvalue weighted by Crippen LogP contribution is 2.47. The van der Waals surface area contributed by atoms with E-state index in [0.717, 1.165) is 59.4 Å². The van der Waals surface area contributed by atoms with Crippen LogP contribution in [0, 0.1) is 5.92 Å². The second-order valence-electron chi connectivity index (χ2n) is 10.9. The summed E-state index contributed by atoms with van der Waals surface area (Å²) in [5.41, 5.74) is 4.72. The first-order valence-corrected chi connectivity index (χ1v) is 14.9. The number of para-hydroxylation sites is 1. The van der Waals surface area contributed by atoms with Crippen molar-refractivity contribution in [3.8, 4) is 17.2 Å². The number of aryl methyl sites for hydroxylation is 2. The summed E-state index contributed by atoms with van der Waals surface area (Å²) in [5, 5.41) is 13.7. The van der Waals surface area contributed by atoms with Gasteiger partial charge in [-0.15, -0.1) is 0 Å². The summed E-state index contributed by atoms with van der Waals surface area (Å²) in [6.45, 7) is 7.50. The minimum Gasteiger partial charge on any atom is -0.494 e. The van der Waals surface area contributed by atoms with E-state index in [1.54, 1.807) is 0 Å². The van der Waals surface area contributed by atoms with Crippen molar-refractivity contribution in [2.45, 2.75) is 58.4 Å². The number of nitrogens with one attached hydrogen (secondary N) is 1. The Bertz CT molecular complexity index is 1380. The Hall–Kier alpha value is -4.04. The van der Waals surface area contributed by atoms with Crippen LogP contribution in [-0.2, 0) is 22.4 Å². The molecular formula is C34H40N2O6. The molecule has 222 valence electrons. The van der Waals surface area contributed by atoms with Gasteiger partial charge in [0, 0.05) is 24.2 Å². The first-order chi connectivity index (χ1) is 20.4. The molecule has 2 N–H and O–H groups in total. The maximum atomic E-state index is 13.6. The minimum absolute atomic E-state index is 0.0610. The number of carbonyl (C=O) groups excluding carboxylic acids is 1. The number of likely N-dealkylation sites (tertiary alicyclic amines) is 1. The van der Waals surface area contributed by atoms with Crippen molar-refractivity contribution in [3.63, 3.8) is 0 Å². The van der Waals surface area contributed by atoms with E-state index in [-0.39, 0.29) is 25.2 Å². The summed E-state index contributed by atoms with van der Waals surface area (Å²) >= 11 is 0. The lowest BCUT2D eigenvalue weighted by atomic mass is 9.82. The number of unbranched alkanes of at least 4 members (excludes halogenated alkanes) is 1. The predicted octanol–water partition coefficient (Wildman–Crippen LogP) is 6.20. The van der Waals surface area contributed by atoms with Crippen molar-refractivity contribution in [1.82, 2.24) is 4.90 Å². The fourth-order valence-electron chi connectivity index (χ4n) is 6.13. The molecule has 0 unspecified atom stereocenters.